The van der Waals surface area contributed by atoms with Gasteiger partial charge in [-0.15, -0.1) is 0 Å². The Morgan fingerprint density at radius 1 is 1.17 bits per heavy atom. The van der Waals surface area contributed by atoms with Crippen LogP contribution >= 0.6 is 0 Å². The normalized spacial score (nSPS) is 14.7. The Kier molecular flexibility index (Phi) is 5.60. The first-order valence-electron chi connectivity index (χ1n) is 3.87. The van der Waals surface area contributed by atoms with Crippen LogP contribution in [-0.4, -0.2) is 25.4 Å². The molecule has 0 rings (SSSR count). The Morgan fingerprint density at radius 2 is 1.50 bits per heavy atom. The van der Waals surface area contributed by atoms with Crippen molar-refractivity contribution in [2.75, 3.05) is 0 Å². The molecule has 0 fully saturated rings. The number of rotatable bonds is 5. The summed E-state index contributed by atoms with van der Waals surface area (Å²) in [5.74, 6) is 0. The highest BCUT2D eigenvalue weighted by Gasteiger charge is 2.12. The minimum atomic E-state index is -2.03. The molecule has 0 aromatic heterocycles. The number of hydrazine groups is 2. The summed E-state index contributed by atoms with van der Waals surface area (Å²) in [6.45, 7) is 7.56. The van der Waals surface area contributed by atoms with Crippen LogP contribution in [0.1, 0.15) is 27.7 Å². The zero-order valence-electron chi connectivity index (χ0n) is 7.87. The minimum absolute atomic E-state index is 0.118. The second-order valence-electron chi connectivity index (χ2n) is 3.09. The van der Waals surface area contributed by atoms with E-state index in [2.05, 4.69) is 10.9 Å². The van der Waals surface area contributed by atoms with Gasteiger partial charge < -0.3 is 0 Å². The lowest BCUT2D eigenvalue weighted by molar-refractivity contribution is 0.189. The minimum Gasteiger partial charge on any atom is -0.292 e. The quantitative estimate of drug-likeness (QED) is 0.435. The van der Waals surface area contributed by atoms with Crippen LogP contribution in [0.25, 0.3) is 0 Å². The molecule has 0 saturated carbocycles. The van der Waals surface area contributed by atoms with Crippen LogP contribution in [0.5, 0.6) is 0 Å². The Balaban J connectivity index is 3.96. The summed E-state index contributed by atoms with van der Waals surface area (Å²) in [7, 11) is 0. The first kappa shape index (κ1) is 12.0. The van der Waals surface area contributed by atoms with E-state index in [1.807, 2.05) is 27.7 Å². The molecule has 0 spiro atoms. The molecule has 0 aromatic rings. The summed E-state index contributed by atoms with van der Waals surface area (Å²) in [4.78, 5) is 0. The van der Waals surface area contributed by atoms with Gasteiger partial charge in [-0.05, 0) is 27.7 Å². The zero-order valence-corrected chi connectivity index (χ0v) is 8.68. The maximum Gasteiger partial charge on any atom is 0.263 e. The predicted molar refractivity (Wildman–Crippen MR) is 49.2 cm³/mol. The van der Waals surface area contributed by atoms with Crippen molar-refractivity contribution < 1.29 is 8.76 Å². The topological polar surface area (TPSA) is 64.6 Å². The van der Waals surface area contributed by atoms with E-state index >= 15 is 0 Å². The van der Waals surface area contributed by atoms with E-state index < -0.39 is 11.3 Å². The molecule has 0 heterocycles. The molecule has 6 heteroatoms. The number of hydrogen-bond donors (Lipinski definition) is 3. The van der Waals surface area contributed by atoms with Crippen molar-refractivity contribution in [3.05, 3.63) is 0 Å². The van der Waals surface area contributed by atoms with E-state index in [1.165, 1.54) is 0 Å². The van der Waals surface area contributed by atoms with Crippen molar-refractivity contribution in [2.24, 2.45) is 0 Å². The number of hydrogen-bond acceptors (Lipinski definition) is 3. The van der Waals surface area contributed by atoms with E-state index in [4.69, 9.17) is 4.55 Å². The molecule has 0 amide bonds. The molecule has 0 aliphatic rings. The molecule has 0 saturated heterocycles. The summed E-state index contributed by atoms with van der Waals surface area (Å²) < 4.78 is 20.6. The standard InChI is InChI=1S/C6H17N3O2S/c1-5(2)7-9(12(10)11)8-6(3)4/h5-8H,1-4H3,(H,10,11). The fourth-order valence-corrected chi connectivity index (χ4v) is 1.20. The molecule has 0 bridgehead atoms. The molecular weight excluding hydrogens is 178 g/mol. The van der Waals surface area contributed by atoms with Gasteiger partial charge >= 0.3 is 0 Å². The van der Waals surface area contributed by atoms with E-state index in [-0.39, 0.29) is 12.1 Å². The fourth-order valence-electron chi connectivity index (χ4n) is 0.596. The second kappa shape index (κ2) is 5.60. The van der Waals surface area contributed by atoms with Crippen molar-refractivity contribution in [1.29, 1.82) is 0 Å². The van der Waals surface area contributed by atoms with Gasteiger partial charge in [0.2, 0.25) is 0 Å². The van der Waals surface area contributed by atoms with Gasteiger partial charge in [-0.1, -0.05) is 4.52 Å². The molecule has 0 radical (unpaired) electrons. The first-order chi connectivity index (χ1) is 5.43. The van der Waals surface area contributed by atoms with Crippen LogP contribution in [0.2, 0.25) is 0 Å². The maximum absolute atomic E-state index is 10.7. The van der Waals surface area contributed by atoms with Crippen LogP contribution in [0, 0.1) is 0 Å². The molecular formula is C6H17N3O2S. The highest BCUT2D eigenvalue weighted by Crippen LogP contribution is 1.88. The summed E-state index contributed by atoms with van der Waals surface area (Å²) >= 11 is -2.03. The van der Waals surface area contributed by atoms with Gasteiger partial charge in [0.05, 0.1) is 0 Å². The molecule has 0 aliphatic carbocycles. The third-order valence-electron chi connectivity index (χ3n) is 0.907. The predicted octanol–water partition coefficient (Wildman–Crippen LogP) is 0.251. The van der Waals surface area contributed by atoms with E-state index in [0.29, 0.717) is 0 Å². The number of nitrogens with one attached hydrogen (secondary N) is 2. The molecule has 1 unspecified atom stereocenters. The number of nitrogens with zero attached hydrogens (tertiary/aromatic N) is 1. The second-order valence-corrected chi connectivity index (χ2v) is 3.92. The van der Waals surface area contributed by atoms with Gasteiger partial charge in [0, 0.05) is 12.1 Å². The van der Waals surface area contributed by atoms with Crippen LogP contribution in [-0.2, 0) is 11.3 Å². The van der Waals surface area contributed by atoms with Crippen molar-refractivity contribution in [2.45, 2.75) is 39.8 Å². The lowest BCUT2D eigenvalue weighted by Crippen LogP contribution is -2.53. The lowest BCUT2D eigenvalue weighted by atomic mass is 10.4. The van der Waals surface area contributed by atoms with Crippen molar-refractivity contribution >= 4 is 11.3 Å². The summed E-state index contributed by atoms with van der Waals surface area (Å²) in [6, 6.07) is 0.236. The summed E-state index contributed by atoms with van der Waals surface area (Å²) in [5.41, 5.74) is 5.57. The molecule has 3 N–H and O–H groups in total. The highest BCUT2D eigenvalue weighted by molar-refractivity contribution is 7.76. The molecule has 74 valence electrons. The van der Waals surface area contributed by atoms with Gasteiger partial charge in [0.1, 0.15) is 0 Å². The molecule has 0 aliphatic heterocycles. The fraction of sp³-hybridized carbons (Fsp3) is 1.00. The van der Waals surface area contributed by atoms with Crippen LogP contribution in [0.4, 0.5) is 0 Å². The SMILES string of the molecule is CC(C)NN(NC(C)C)S(=O)O. The van der Waals surface area contributed by atoms with Gasteiger partial charge in [-0.25, -0.2) is 15.1 Å². The van der Waals surface area contributed by atoms with E-state index in [0.717, 1.165) is 4.52 Å². The van der Waals surface area contributed by atoms with Gasteiger partial charge in [0.15, 0.2) is 0 Å². The first-order valence-corrected chi connectivity index (χ1v) is 4.93. The highest BCUT2D eigenvalue weighted by atomic mass is 32.2. The van der Waals surface area contributed by atoms with Crippen molar-refractivity contribution in [3.63, 3.8) is 0 Å². The van der Waals surface area contributed by atoms with Crippen LogP contribution in [0.15, 0.2) is 0 Å². The third kappa shape index (κ3) is 5.62. The Bertz CT molecular complexity index is 142. The van der Waals surface area contributed by atoms with Crippen molar-refractivity contribution in [1.82, 2.24) is 15.4 Å². The van der Waals surface area contributed by atoms with Gasteiger partial charge in [-0.2, -0.15) is 0 Å². The average molecular weight is 195 g/mol. The Hall–Kier alpha value is -0.0100. The van der Waals surface area contributed by atoms with Crippen LogP contribution < -0.4 is 10.9 Å². The zero-order chi connectivity index (χ0) is 9.72. The Morgan fingerprint density at radius 3 is 1.67 bits per heavy atom. The summed E-state index contributed by atoms with van der Waals surface area (Å²) in [5, 5.41) is 0. The van der Waals surface area contributed by atoms with Gasteiger partial charge in [-0.3, -0.25) is 4.55 Å². The molecule has 12 heavy (non-hydrogen) atoms. The lowest BCUT2D eigenvalue weighted by Gasteiger charge is -2.23. The largest absolute Gasteiger partial charge is 0.292 e. The van der Waals surface area contributed by atoms with Gasteiger partial charge in [0.25, 0.3) is 11.3 Å². The smallest absolute Gasteiger partial charge is 0.263 e. The van der Waals surface area contributed by atoms with Crippen LogP contribution in [0.3, 0.4) is 0 Å². The van der Waals surface area contributed by atoms with E-state index in [9.17, 15) is 4.21 Å². The maximum atomic E-state index is 10.7. The third-order valence-corrected chi connectivity index (χ3v) is 1.43. The summed E-state index contributed by atoms with van der Waals surface area (Å²) in [6.07, 6.45) is 0. The average Bonchev–Trinajstić information content (AvgIpc) is 1.83. The molecule has 5 nitrogen and oxygen atoms in total. The molecule has 1 atom stereocenters. The monoisotopic (exact) mass is 195 g/mol. The Labute approximate surface area is 75.9 Å². The molecule has 0 aromatic carbocycles. The van der Waals surface area contributed by atoms with Crippen molar-refractivity contribution in [3.8, 4) is 0 Å². The van der Waals surface area contributed by atoms with E-state index in [1.54, 1.807) is 0 Å².